The van der Waals surface area contributed by atoms with Crippen LogP contribution in [-0.2, 0) is 6.54 Å². The van der Waals surface area contributed by atoms with Crippen LogP contribution in [0.15, 0.2) is 59.5 Å². The van der Waals surface area contributed by atoms with E-state index in [2.05, 4.69) is 33.9 Å². The quantitative estimate of drug-likeness (QED) is 0.655. The molecule has 0 bridgehead atoms. The minimum atomic E-state index is 0.745. The van der Waals surface area contributed by atoms with Crippen molar-refractivity contribution in [2.24, 2.45) is 0 Å². The SMILES string of the molecule is CN(C)Cc1ccc2cccc(NSc3ccc(Cl)cc3)c2n1. The number of halogens is 1. The molecule has 23 heavy (non-hydrogen) atoms. The fraction of sp³-hybridized carbons (Fsp3) is 0.167. The highest BCUT2D eigenvalue weighted by Gasteiger charge is 2.05. The zero-order valence-electron chi connectivity index (χ0n) is 13.1. The van der Waals surface area contributed by atoms with E-state index in [0.717, 1.165) is 38.7 Å². The average Bonchev–Trinajstić information content (AvgIpc) is 2.54. The number of pyridine rings is 1. The fourth-order valence-electron chi connectivity index (χ4n) is 2.30. The lowest BCUT2D eigenvalue weighted by Gasteiger charge is -2.12. The van der Waals surface area contributed by atoms with Crippen molar-refractivity contribution in [2.45, 2.75) is 11.4 Å². The summed E-state index contributed by atoms with van der Waals surface area (Å²) >= 11 is 7.48. The minimum absolute atomic E-state index is 0.745. The van der Waals surface area contributed by atoms with Crippen LogP contribution in [0.5, 0.6) is 0 Å². The van der Waals surface area contributed by atoms with Crippen molar-refractivity contribution in [2.75, 3.05) is 18.8 Å². The molecule has 0 atom stereocenters. The van der Waals surface area contributed by atoms with E-state index in [1.807, 2.05) is 44.4 Å². The second-order valence-corrected chi connectivity index (χ2v) is 6.89. The lowest BCUT2D eigenvalue weighted by Crippen LogP contribution is -2.11. The summed E-state index contributed by atoms with van der Waals surface area (Å²) in [5.41, 5.74) is 3.07. The molecule has 0 radical (unpaired) electrons. The van der Waals surface area contributed by atoms with Crippen molar-refractivity contribution in [3.05, 3.63) is 65.3 Å². The Kier molecular flexibility index (Phi) is 5.06. The summed E-state index contributed by atoms with van der Waals surface area (Å²) < 4.78 is 3.40. The number of aromatic nitrogens is 1. The molecule has 0 saturated carbocycles. The Hall–Kier alpha value is -1.75. The van der Waals surface area contributed by atoms with Gasteiger partial charge < -0.3 is 9.62 Å². The van der Waals surface area contributed by atoms with Gasteiger partial charge in [0.05, 0.1) is 16.9 Å². The van der Waals surface area contributed by atoms with Gasteiger partial charge in [0.1, 0.15) is 0 Å². The molecular weight excluding hydrogens is 326 g/mol. The van der Waals surface area contributed by atoms with E-state index in [-0.39, 0.29) is 0 Å². The van der Waals surface area contributed by atoms with Crippen molar-refractivity contribution in [3.8, 4) is 0 Å². The van der Waals surface area contributed by atoms with Gasteiger partial charge in [0.2, 0.25) is 0 Å². The number of rotatable bonds is 5. The molecule has 0 spiro atoms. The van der Waals surface area contributed by atoms with Gasteiger partial charge in [-0.2, -0.15) is 0 Å². The van der Waals surface area contributed by atoms with Crippen LogP contribution >= 0.6 is 23.5 Å². The fourth-order valence-corrected chi connectivity index (χ4v) is 3.09. The smallest absolute Gasteiger partial charge is 0.0945 e. The standard InChI is InChI=1S/C18H18ClN3S/c1-22(2)12-15-9-6-13-4-3-5-17(18(13)20-15)21-23-16-10-7-14(19)8-11-16/h3-11,21H,12H2,1-2H3. The average molecular weight is 344 g/mol. The first kappa shape index (κ1) is 16.1. The highest BCUT2D eigenvalue weighted by molar-refractivity contribution is 8.00. The van der Waals surface area contributed by atoms with Gasteiger partial charge in [0, 0.05) is 21.8 Å². The highest BCUT2D eigenvalue weighted by Crippen LogP contribution is 2.27. The molecule has 0 aliphatic rings. The normalized spacial score (nSPS) is 11.1. The summed E-state index contributed by atoms with van der Waals surface area (Å²) in [5, 5.41) is 1.88. The third-order valence-electron chi connectivity index (χ3n) is 3.35. The Morgan fingerprint density at radius 1 is 1.04 bits per heavy atom. The second kappa shape index (κ2) is 7.21. The number of para-hydroxylation sites is 1. The monoisotopic (exact) mass is 343 g/mol. The van der Waals surface area contributed by atoms with E-state index >= 15 is 0 Å². The molecule has 0 fully saturated rings. The van der Waals surface area contributed by atoms with Crippen LogP contribution in [0.25, 0.3) is 10.9 Å². The van der Waals surface area contributed by atoms with Gasteiger partial charge in [-0.25, -0.2) is 4.98 Å². The molecule has 3 nitrogen and oxygen atoms in total. The van der Waals surface area contributed by atoms with E-state index in [9.17, 15) is 0 Å². The molecule has 1 N–H and O–H groups in total. The Bertz CT molecular complexity index is 803. The maximum atomic E-state index is 5.92. The molecular formula is C18H18ClN3S. The molecule has 118 valence electrons. The molecule has 1 heterocycles. The topological polar surface area (TPSA) is 28.2 Å². The predicted molar refractivity (Wildman–Crippen MR) is 100 cm³/mol. The molecule has 0 aliphatic carbocycles. The lowest BCUT2D eigenvalue weighted by molar-refractivity contribution is 0.397. The van der Waals surface area contributed by atoms with Gasteiger partial charge in [0.25, 0.3) is 0 Å². The van der Waals surface area contributed by atoms with Crippen molar-refractivity contribution in [1.82, 2.24) is 9.88 Å². The Labute approximate surface area is 145 Å². The summed E-state index contributed by atoms with van der Waals surface area (Å²) in [4.78, 5) is 8.03. The molecule has 0 unspecified atom stereocenters. The summed E-state index contributed by atoms with van der Waals surface area (Å²) in [6.07, 6.45) is 0. The number of fused-ring (bicyclic) bond motifs is 1. The third kappa shape index (κ3) is 4.16. The van der Waals surface area contributed by atoms with Crippen LogP contribution in [0.4, 0.5) is 5.69 Å². The summed E-state index contributed by atoms with van der Waals surface area (Å²) in [7, 11) is 4.10. The van der Waals surface area contributed by atoms with E-state index in [1.165, 1.54) is 0 Å². The number of nitrogens with one attached hydrogen (secondary N) is 1. The van der Waals surface area contributed by atoms with Crippen LogP contribution in [0, 0.1) is 0 Å². The number of benzene rings is 2. The van der Waals surface area contributed by atoms with Gasteiger partial charge >= 0.3 is 0 Å². The largest absolute Gasteiger partial charge is 0.324 e. The zero-order valence-corrected chi connectivity index (χ0v) is 14.7. The predicted octanol–water partition coefficient (Wildman–Crippen LogP) is 5.07. The summed E-state index contributed by atoms with van der Waals surface area (Å²) in [6, 6.07) is 18.2. The molecule has 1 aromatic heterocycles. The Morgan fingerprint density at radius 2 is 1.83 bits per heavy atom. The maximum absolute atomic E-state index is 5.92. The van der Waals surface area contributed by atoms with Crippen molar-refractivity contribution < 1.29 is 0 Å². The van der Waals surface area contributed by atoms with Crippen LogP contribution in [-0.4, -0.2) is 24.0 Å². The van der Waals surface area contributed by atoms with E-state index in [1.54, 1.807) is 11.9 Å². The maximum Gasteiger partial charge on any atom is 0.0945 e. The van der Waals surface area contributed by atoms with E-state index in [0.29, 0.717) is 0 Å². The zero-order chi connectivity index (χ0) is 16.2. The lowest BCUT2D eigenvalue weighted by atomic mass is 10.2. The summed E-state index contributed by atoms with van der Waals surface area (Å²) in [6.45, 7) is 0.828. The minimum Gasteiger partial charge on any atom is -0.324 e. The molecule has 2 aromatic carbocycles. The molecule has 3 rings (SSSR count). The number of hydrogen-bond acceptors (Lipinski definition) is 4. The number of nitrogens with zero attached hydrogens (tertiary/aromatic N) is 2. The van der Waals surface area contributed by atoms with Gasteiger partial charge in [-0.15, -0.1) is 0 Å². The van der Waals surface area contributed by atoms with Crippen LogP contribution in [0.2, 0.25) is 5.02 Å². The highest BCUT2D eigenvalue weighted by atomic mass is 35.5. The van der Waals surface area contributed by atoms with Crippen molar-refractivity contribution in [1.29, 1.82) is 0 Å². The first-order valence-corrected chi connectivity index (χ1v) is 8.53. The first-order valence-electron chi connectivity index (χ1n) is 7.33. The van der Waals surface area contributed by atoms with E-state index < -0.39 is 0 Å². The van der Waals surface area contributed by atoms with Crippen LogP contribution in [0.1, 0.15) is 5.69 Å². The van der Waals surface area contributed by atoms with Crippen molar-refractivity contribution >= 4 is 40.1 Å². The Balaban J connectivity index is 1.85. The molecule has 0 amide bonds. The molecule has 3 aromatic rings. The van der Waals surface area contributed by atoms with E-state index in [4.69, 9.17) is 16.6 Å². The second-order valence-electron chi connectivity index (χ2n) is 5.58. The van der Waals surface area contributed by atoms with Crippen LogP contribution < -0.4 is 4.72 Å². The van der Waals surface area contributed by atoms with Gasteiger partial charge in [-0.1, -0.05) is 29.8 Å². The third-order valence-corrected chi connectivity index (χ3v) is 4.43. The molecule has 0 aliphatic heterocycles. The summed E-state index contributed by atoms with van der Waals surface area (Å²) in [5.74, 6) is 0. The molecule has 0 saturated heterocycles. The Morgan fingerprint density at radius 3 is 2.57 bits per heavy atom. The van der Waals surface area contributed by atoms with Gasteiger partial charge in [0.15, 0.2) is 0 Å². The van der Waals surface area contributed by atoms with Gasteiger partial charge in [-0.3, -0.25) is 0 Å². The van der Waals surface area contributed by atoms with Gasteiger partial charge in [-0.05, 0) is 62.4 Å². The number of anilines is 1. The van der Waals surface area contributed by atoms with Crippen LogP contribution in [0.3, 0.4) is 0 Å². The first-order chi connectivity index (χ1) is 11.1. The number of hydrogen-bond donors (Lipinski definition) is 1. The molecule has 5 heteroatoms. The van der Waals surface area contributed by atoms with Crippen molar-refractivity contribution in [3.63, 3.8) is 0 Å².